The molecule has 21 heavy (non-hydrogen) atoms. The standard InChI is InChI=1S/C14H14N3O3S/c1-10-4-3-5-13(14(10)16-15)17-21(18,19)12-8-6-11(20-2)7-9-12/h3-9,17H,1-2H3/q+1. The van der Waals surface area contributed by atoms with E-state index in [-0.39, 0.29) is 16.3 Å². The molecule has 6 nitrogen and oxygen atoms in total. The van der Waals surface area contributed by atoms with Crippen molar-refractivity contribution in [3.63, 3.8) is 0 Å². The van der Waals surface area contributed by atoms with Crippen LogP contribution < -0.4 is 9.46 Å². The number of methoxy groups -OCH3 is 1. The van der Waals surface area contributed by atoms with Crippen LogP contribution in [0, 0.1) is 12.3 Å². The second-order valence-corrected chi connectivity index (χ2v) is 6.03. The maximum Gasteiger partial charge on any atom is 0.411 e. The minimum Gasteiger partial charge on any atom is -0.497 e. The van der Waals surface area contributed by atoms with Crippen molar-refractivity contribution in [1.29, 1.82) is 5.39 Å². The van der Waals surface area contributed by atoms with Crippen molar-refractivity contribution in [1.82, 2.24) is 0 Å². The summed E-state index contributed by atoms with van der Waals surface area (Å²) >= 11 is 0. The van der Waals surface area contributed by atoms with E-state index in [9.17, 15) is 8.42 Å². The molecule has 0 spiro atoms. The predicted octanol–water partition coefficient (Wildman–Crippen LogP) is 3.29. The molecule has 2 aromatic carbocycles. The first-order valence-corrected chi connectivity index (χ1v) is 7.58. The van der Waals surface area contributed by atoms with Crippen LogP contribution in [0.25, 0.3) is 4.98 Å². The SMILES string of the molecule is COc1ccc(S(=O)(=O)Nc2cccc(C)c2[N+]#N)cc1. The van der Waals surface area contributed by atoms with Gasteiger partial charge in [-0.2, -0.15) is 0 Å². The zero-order valence-electron chi connectivity index (χ0n) is 11.6. The molecule has 0 heterocycles. The predicted molar refractivity (Wildman–Crippen MR) is 79.7 cm³/mol. The number of rotatable bonds is 4. The average molecular weight is 304 g/mol. The highest BCUT2D eigenvalue weighted by Gasteiger charge is 2.22. The monoisotopic (exact) mass is 304 g/mol. The van der Waals surface area contributed by atoms with Gasteiger partial charge in [-0.1, -0.05) is 12.1 Å². The zero-order valence-corrected chi connectivity index (χ0v) is 12.4. The Morgan fingerprint density at radius 2 is 1.81 bits per heavy atom. The number of nitrogens with zero attached hydrogens (tertiary/aromatic N) is 2. The summed E-state index contributed by atoms with van der Waals surface area (Å²) < 4.78 is 32.0. The van der Waals surface area contributed by atoms with E-state index < -0.39 is 10.0 Å². The number of nitrogens with one attached hydrogen (secondary N) is 1. The molecule has 2 aromatic rings. The van der Waals surface area contributed by atoms with Crippen LogP contribution in [0.3, 0.4) is 0 Å². The molecule has 0 saturated carbocycles. The Kier molecular flexibility index (Phi) is 4.10. The maximum absolute atomic E-state index is 12.3. The van der Waals surface area contributed by atoms with Crippen LogP contribution in [0.1, 0.15) is 5.56 Å². The summed E-state index contributed by atoms with van der Waals surface area (Å²) in [6.07, 6.45) is 0. The summed E-state index contributed by atoms with van der Waals surface area (Å²) in [5.41, 5.74) is 1.07. The second-order valence-electron chi connectivity index (χ2n) is 4.35. The number of benzene rings is 2. The third-order valence-corrected chi connectivity index (χ3v) is 4.33. The van der Waals surface area contributed by atoms with Gasteiger partial charge in [0.25, 0.3) is 10.0 Å². The van der Waals surface area contributed by atoms with Gasteiger partial charge in [0, 0.05) is 5.56 Å². The van der Waals surface area contributed by atoms with E-state index in [0.29, 0.717) is 11.3 Å². The van der Waals surface area contributed by atoms with Crippen LogP contribution in [0.5, 0.6) is 5.75 Å². The molecule has 0 atom stereocenters. The van der Waals surface area contributed by atoms with E-state index in [1.165, 1.54) is 25.3 Å². The van der Waals surface area contributed by atoms with Gasteiger partial charge in [-0.05, 0) is 37.3 Å². The Morgan fingerprint density at radius 1 is 1.14 bits per heavy atom. The van der Waals surface area contributed by atoms with Gasteiger partial charge in [-0.3, -0.25) is 4.72 Å². The van der Waals surface area contributed by atoms with Crippen LogP contribution in [-0.4, -0.2) is 15.5 Å². The van der Waals surface area contributed by atoms with Crippen molar-refractivity contribution in [2.24, 2.45) is 0 Å². The Bertz CT molecular complexity index is 793. The summed E-state index contributed by atoms with van der Waals surface area (Å²) in [5.74, 6) is 0.565. The van der Waals surface area contributed by atoms with Crippen molar-refractivity contribution in [2.45, 2.75) is 11.8 Å². The van der Waals surface area contributed by atoms with Crippen molar-refractivity contribution >= 4 is 21.4 Å². The number of sulfonamides is 1. The highest BCUT2D eigenvalue weighted by molar-refractivity contribution is 7.92. The molecule has 1 N–H and O–H groups in total. The fourth-order valence-corrected chi connectivity index (χ4v) is 2.90. The van der Waals surface area contributed by atoms with E-state index in [4.69, 9.17) is 10.1 Å². The van der Waals surface area contributed by atoms with Crippen molar-refractivity contribution in [3.05, 3.63) is 53.0 Å². The molecule has 108 valence electrons. The van der Waals surface area contributed by atoms with Gasteiger partial charge >= 0.3 is 5.69 Å². The van der Waals surface area contributed by atoms with E-state index in [2.05, 4.69) is 9.70 Å². The van der Waals surface area contributed by atoms with E-state index in [1.54, 1.807) is 31.2 Å². The minimum absolute atomic E-state index is 0.0914. The summed E-state index contributed by atoms with van der Waals surface area (Å²) in [4.78, 5) is 3.22. The summed E-state index contributed by atoms with van der Waals surface area (Å²) in [5, 5.41) is 9.01. The van der Waals surface area contributed by atoms with Gasteiger partial charge in [-0.25, -0.2) is 8.42 Å². The van der Waals surface area contributed by atoms with Crippen molar-refractivity contribution < 1.29 is 13.2 Å². The number of ether oxygens (including phenoxy) is 1. The van der Waals surface area contributed by atoms with Crippen LogP contribution >= 0.6 is 0 Å². The number of diazo groups is 1. The molecule has 0 aromatic heterocycles. The molecule has 0 aliphatic heterocycles. The molecule has 0 saturated heterocycles. The molecule has 0 unspecified atom stereocenters. The first-order valence-electron chi connectivity index (χ1n) is 6.09. The molecule has 0 fully saturated rings. The highest BCUT2D eigenvalue weighted by Crippen LogP contribution is 2.30. The third kappa shape index (κ3) is 3.12. The molecule has 0 bridgehead atoms. The summed E-state index contributed by atoms with van der Waals surface area (Å²) in [7, 11) is -2.26. The summed E-state index contributed by atoms with van der Waals surface area (Å²) in [6.45, 7) is 1.72. The molecule has 0 aliphatic rings. The lowest BCUT2D eigenvalue weighted by atomic mass is 10.2. The molecule has 0 radical (unpaired) electrons. The lowest BCUT2D eigenvalue weighted by molar-refractivity contribution is 0.414. The lowest BCUT2D eigenvalue weighted by Crippen LogP contribution is -2.13. The minimum atomic E-state index is -3.76. The van der Waals surface area contributed by atoms with Gasteiger partial charge in [0.1, 0.15) is 11.4 Å². The molecular formula is C14H14N3O3S+. The second kappa shape index (κ2) is 5.81. The van der Waals surface area contributed by atoms with Gasteiger partial charge in [0.2, 0.25) is 5.39 Å². The van der Waals surface area contributed by atoms with Gasteiger partial charge in [-0.15, -0.1) is 0 Å². The highest BCUT2D eigenvalue weighted by atomic mass is 32.2. The molecule has 0 amide bonds. The third-order valence-electron chi connectivity index (χ3n) is 2.95. The zero-order chi connectivity index (χ0) is 15.5. The van der Waals surface area contributed by atoms with Crippen LogP contribution in [0.15, 0.2) is 47.4 Å². The molecule has 2 rings (SSSR count). The van der Waals surface area contributed by atoms with E-state index >= 15 is 0 Å². The van der Waals surface area contributed by atoms with Gasteiger partial charge in [0.05, 0.1) is 12.0 Å². The van der Waals surface area contributed by atoms with Crippen LogP contribution in [0.4, 0.5) is 11.4 Å². The number of aryl methyl sites for hydroxylation is 1. The summed E-state index contributed by atoms with van der Waals surface area (Å²) in [6, 6.07) is 10.9. The lowest BCUT2D eigenvalue weighted by Gasteiger charge is -2.07. The van der Waals surface area contributed by atoms with Crippen LogP contribution in [-0.2, 0) is 10.0 Å². The quantitative estimate of drug-likeness (QED) is 0.878. The molecule has 0 aliphatic carbocycles. The molecule has 7 heteroatoms. The smallest absolute Gasteiger partial charge is 0.411 e. The van der Waals surface area contributed by atoms with Gasteiger partial charge in [0.15, 0.2) is 4.98 Å². The fourth-order valence-electron chi connectivity index (χ4n) is 1.83. The normalized spacial score (nSPS) is 10.7. The Labute approximate surface area is 123 Å². The number of hydrogen-bond donors (Lipinski definition) is 1. The average Bonchev–Trinajstić information content (AvgIpc) is 2.47. The first-order chi connectivity index (χ1) is 9.97. The number of hydrogen-bond acceptors (Lipinski definition) is 4. The Balaban J connectivity index is 2.38. The van der Waals surface area contributed by atoms with E-state index in [0.717, 1.165) is 0 Å². The first kappa shape index (κ1) is 14.8. The molecular weight excluding hydrogens is 290 g/mol. The Hall–Kier alpha value is -2.59. The topological polar surface area (TPSA) is 83.6 Å². The van der Waals surface area contributed by atoms with Crippen molar-refractivity contribution in [2.75, 3.05) is 11.8 Å². The Morgan fingerprint density at radius 3 is 2.38 bits per heavy atom. The van der Waals surface area contributed by atoms with Crippen LogP contribution in [0.2, 0.25) is 0 Å². The van der Waals surface area contributed by atoms with Gasteiger partial charge < -0.3 is 4.74 Å². The number of anilines is 1. The largest absolute Gasteiger partial charge is 0.497 e. The van der Waals surface area contributed by atoms with Crippen molar-refractivity contribution in [3.8, 4) is 5.75 Å². The van der Waals surface area contributed by atoms with E-state index in [1.807, 2.05) is 0 Å². The maximum atomic E-state index is 12.3. The fraction of sp³-hybridized carbons (Fsp3) is 0.143.